The van der Waals surface area contributed by atoms with Crippen LogP contribution in [0.5, 0.6) is 0 Å². The first-order valence-electron chi connectivity index (χ1n) is 6.59. The summed E-state index contributed by atoms with van der Waals surface area (Å²) < 4.78 is 0. The quantitative estimate of drug-likeness (QED) is 0.727. The molecule has 0 saturated heterocycles. The molecule has 4 nitrogen and oxygen atoms in total. The van der Waals surface area contributed by atoms with E-state index in [1.54, 1.807) is 11.8 Å². The lowest BCUT2D eigenvalue weighted by atomic mass is 10.3. The number of thiazole rings is 1. The number of hydrogen-bond acceptors (Lipinski definition) is 4. The van der Waals surface area contributed by atoms with Gasteiger partial charge in [0.1, 0.15) is 0 Å². The van der Waals surface area contributed by atoms with Crippen LogP contribution < -0.4 is 10.0 Å². The maximum Gasteiger partial charge on any atom is 0.0991 e. The lowest BCUT2D eigenvalue weighted by Gasteiger charge is -2.17. The zero-order valence-electron chi connectivity index (χ0n) is 11.4. The number of rotatable bonds is 8. The Labute approximate surface area is 113 Å². The molecule has 0 aliphatic rings. The number of hydrogen-bond donors (Lipinski definition) is 1. The lowest BCUT2D eigenvalue weighted by Crippen LogP contribution is -3.12. The molecule has 18 heavy (non-hydrogen) atoms. The minimum atomic E-state index is -1.11. The van der Waals surface area contributed by atoms with Crippen LogP contribution in [0.2, 0.25) is 0 Å². The summed E-state index contributed by atoms with van der Waals surface area (Å²) in [5.41, 5.74) is 0.586. The van der Waals surface area contributed by atoms with E-state index >= 15 is 0 Å². The average Bonchev–Trinajstić information content (AvgIpc) is 2.68. The number of quaternary nitrogens is 1. The molecule has 0 aliphatic carbocycles. The van der Waals surface area contributed by atoms with Crippen LogP contribution in [-0.4, -0.2) is 30.6 Å². The van der Waals surface area contributed by atoms with Crippen molar-refractivity contribution in [2.24, 2.45) is 0 Å². The topological polar surface area (TPSA) is 57.5 Å². The Bertz CT molecular complexity index is 384. The van der Waals surface area contributed by atoms with Gasteiger partial charge >= 0.3 is 0 Å². The van der Waals surface area contributed by atoms with E-state index in [9.17, 15) is 9.90 Å². The van der Waals surface area contributed by atoms with Crippen LogP contribution in [0.4, 0.5) is 0 Å². The van der Waals surface area contributed by atoms with Crippen LogP contribution in [0.15, 0.2) is 0 Å². The zero-order valence-corrected chi connectivity index (χ0v) is 12.2. The largest absolute Gasteiger partial charge is 0.544 e. The van der Waals surface area contributed by atoms with E-state index in [4.69, 9.17) is 0 Å². The summed E-state index contributed by atoms with van der Waals surface area (Å²) in [4.78, 5) is 17.0. The molecule has 1 N–H and O–H groups in total. The van der Waals surface area contributed by atoms with Crippen molar-refractivity contribution < 1.29 is 14.8 Å². The molecule has 5 heteroatoms. The van der Waals surface area contributed by atoms with Gasteiger partial charge in [0, 0.05) is 6.42 Å². The Kier molecular flexibility index (Phi) is 6.29. The summed E-state index contributed by atoms with van der Waals surface area (Å²) in [6, 6.07) is 0. The molecule has 0 atom stereocenters. The standard InChI is InChI=1S/C13H22N2O2S/c1-4-7-15(8-5-2)9-6-11-14-10(3)12(18-11)13(16)17/h4-9H2,1-3H3,(H,16,17). The molecule has 0 aliphatic heterocycles. The Hall–Kier alpha value is -0.940. The third-order valence-electron chi connectivity index (χ3n) is 2.93. The molecule has 0 bridgehead atoms. The summed E-state index contributed by atoms with van der Waals surface area (Å²) in [6.07, 6.45) is 3.21. The SMILES string of the molecule is CCC[NH+](CCC)CCc1nc(C)c(C(=O)[O-])s1. The van der Waals surface area contributed by atoms with E-state index in [-0.39, 0.29) is 4.88 Å². The van der Waals surface area contributed by atoms with Gasteiger partial charge in [0.2, 0.25) is 0 Å². The van der Waals surface area contributed by atoms with Gasteiger partial charge in [0.15, 0.2) is 0 Å². The highest BCUT2D eigenvalue weighted by molar-refractivity contribution is 7.13. The highest BCUT2D eigenvalue weighted by Gasteiger charge is 2.11. The van der Waals surface area contributed by atoms with Gasteiger partial charge in [-0.1, -0.05) is 13.8 Å². The number of carboxylic acids is 1. The van der Waals surface area contributed by atoms with E-state index in [1.807, 2.05) is 0 Å². The van der Waals surface area contributed by atoms with Crippen molar-refractivity contribution in [1.82, 2.24) is 4.98 Å². The number of carbonyl (C=O) groups is 1. The number of carbonyl (C=O) groups excluding carboxylic acids is 1. The van der Waals surface area contributed by atoms with Gasteiger partial charge in [-0.3, -0.25) is 0 Å². The van der Waals surface area contributed by atoms with Crippen LogP contribution in [0.1, 0.15) is 47.1 Å². The lowest BCUT2D eigenvalue weighted by molar-refractivity contribution is -0.900. The van der Waals surface area contributed by atoms with Crippen molar-refractivity contribution in [3.8, 4) is 0 Å². The number of nitrogens with one attached hydrogen (secondary N) is 1. The molecule has 0 unspecified atom stereocenters. The fraction of sp³-hybridized carbons (Fsp3) is 0.692. The normalized spacial score (nSPS) is 11.1. The Morgan fingerprint density at radius 3 is 2.33 bits per heavy atom. The first-order valence-corrected chi connectivity index (χ1v) is 7.41. The van der Waals surface area contributed by atoms with E-state index < -0.39 is 5.97 Å². The zero-order chi connectivity index (χ0) is 13.5. The van der Waals surface area contributed by atoms with Crippen LogP contribution in [0, 0.1) is 6.92 Å². The van der Waals surface area contributed by atoms with Crippen molar-refractivity contribution in [2.45, 2.75) is 40.0 Å². The van der Waals surface area contributed by atoms with Crippen LogP contribution in [-0.2, 0) is 6.42 Å². The Morgan fingerprint density at radius 1 is 1.28 bits per heavy atom. The van der Waals surface area contributed by atoms with Gasteiger partial charge in [0.05, 0.1) is 41.2 Å². The van der Waals surface area contributed by atoms with Gasteiger partial charge in [0.25, 0.3) is 0 Å². The summed E-state index contributed by atoms with van der Waals surface area (Å²) in [7, 11) is 0. The molecule has 1 rings (SSSR count). The number of nitrogens with zero attached hydrogens (tertiary/aromatic N) is 1. The predicted molar refractivity (Wildman–Crippen MR) is 71.0 cm³/mol. The van der Waals surface area contributed by atoms with Crippen molar-refractivity contribution in [2.75, 3.05) is 19.6 Å². The fourth-order valence-corrected chi connectivity index (χ4v) is 3.01. The van der Waals surface area contributed by atoms with Crippen LogP contribution >= 0.6 is 11.3 Å². The van der Waals surface area contributed by atoms with Crippen molar-refractivity contribution in [3.05, 3.63) is 15.6 Å². The molecule has 1 heterocycles. The number of aromatic carboxylic acids is 1. The molecule has 1 aromatic rings. The molecule has 0 spiro atoms. The molecule has 0 saturated carbocycles. The van der Waals surface area contributed by atoms with Gasteiger partial charge in [-0.25, -0.2) is 4.98 Å². The van der Waals surface area contributed by atoms with E-state index in [2.05, 4.69) is 18.8 Å². The molecule has 0 amide bonds. The highest BCUT2D eigenvalue weighted by Crippen LogP contribution is 2.17. The van der Waals surface area contributed by atoms with Crippen LogP contribution in [0.25, 0.3) is 0 Å². The van der Waals surface area contributed by atoms with Gasteiger partial charge in [-0.05, 0) is 19.8 Å². The molecule has 0 aromatic carbocycles. The fourth-order valence-electron chi connectivity index (χ4n) is 2.11. The van der Waals surface area contributed by atoms with Crippen LogP contribution in [0.3, 0.4) is 0 Å². The Morgan fingerprint density at radius 2 is 1.89 bits per heavy atom. The van der Waals surface area contributed by atoms with Crippen molar-refractivity contribution in [1.29, 1.82) is 0 Å². The van der Waals surface area contributed by atoms with E-state index in [1.165, 1.54) is 37.3 Å². The minimum Gasteiger partial charge on any atom is -0.544 e. The maximum absolute atomic E-state index is 10.8. The summed E-state index contributed by atoms with van der Waals surface area (Å²) in [5.74, 6) is -1.11. The molecule has 0 fully saturated rings. The average molecular weight is 270 g/mol. The third kappa shape index (κ3) is 4.38. The summed E-state index contributed by atoms with van der Waals surface area (Å²) in [5, 5.41) is 11.7. The van der Waals surface area contributed by atoms with Crippen molar-refractivity contribution >= 4 is 17.3 Å². The predicted octanol–water partition coefficient (Wildman–Crippen LogP) is 0.0624. The summed E-state index contributed by atoms with van der Waals surface area (Å²) >= 11 is 1.26. The molecule has 1 aromatic heterocycles. The highest BCUT2D eigenvalue weighted by atomic mass is 32.1. The Balaban J connectivity index is 2.56. The van der Waals surface area contributed by atoms with E-state index in [0.717, 1.165) is 18.0 Å². The second-order valence-electron chi connectivity index (χ2n) is 4.56. The van der Waals surface area contributed by atoms with E-state index in [0.29, 0.717) is 5.69 Å². The van der Waals surface area contributed by atoms with Gasteiger partial charge in [-0.2, -0.15) is 0 Å². The molecular weight excluding hydrogens is 248 g/mol. The van der Waals surface area contributed by atoms with Gasteiger partial charge in [-0.15, -0.1) is 11.3 Å². The second kappa shape index (κ2) is 7.48. The molecule has 102 valence electrons. The molecular formula is C13H22N2O2S. The third-order valence-corrected chi connectivity index (χ3v) is 4.12. The van der Waals surface area contributed by atoms with Gasteiger partial charge < -0.3 is 14.8 Å². The summed E-state index contributed by atoms with van der Waals surface area (Å²) in [6.45, 7) is 9.49. The van der Waals surface area contributed by atoms with Crippen molar-refractivity contribution in [3.63, 3.8) is 0 Å². The minimum absolute atomic E-state index is 0.275. The monoisotopic (exact) mass is 270 g/mol. The number of aryl methyl sites for hydroxylation is 1. The first kappa shape index (κ1) is 15.1. The maximum atomic E-state index is 10.8. The first-order chi connectivity index (χ1) is 8.58. The second-order valence-corrected chi connectivity index (χ2v) is 5.64. The number of aromatic nitrogens is 1. The smallest absolute Gasteiger partial charge is 0.0991 e. The number of carboxylic acid groups (broad SMARTS) is 1. The molecule has 0 radical (unpaired) electrons.